The van der Waals surface area contributed by atoms with Crippen molar-refractivity contribution in [3.05, 3.63) is 75.7 Å². The molecule has 2 aliphatic heterocycles. The minimum absolute atomic E-state index is 0. The van der Waals surface area contributed by atoms with Crippen molar-refractivity contribution in [2.75, 3.05) is 13.6 Å². The number of benzene rings is 3. The van der Waals surface area contributed by atoms with Crippen LogP contribution >= 0.6 is 18.5 Å². The van der Waals surface area contributed by atoms with Crippen molar-refractivity contribution in [2.24, 2.45) is 0 Å². The molecule has 197 valence electrons. The van der Waals surface area contributed by atoms with Crippen molar-refractivity contribution in [3.63, 3.8) is 0 Å². The van der Waals surface area contributed by atoms with Crippen molar-refractivity contribution in [2.45, 2.75) is 0 Å². The third kappa shape index (κ3) is 5.97. The fourth-order valence-corrected chi connectivity index (χ4v) is 4.12. The van der Waals surface area contributed by atoms with Crippen molar-refractivity contribution in [1.29, 1.82) is 0 Å². The molecule has 2 aliphatic rings. The zero-order valence-corrected chi connectivity index (χ0v) is 23.6. The number of nitro benzene ring substituents is 2. The second-order valence-corrected chi connectivity index (χ2v) is 8.21. The molecule has 12 nitrogen and oxygen atoms in total. The molecule has 3 aromatic rings. The van der Waals surface area contributed by atoms with Gasteiger partial charge in [0.2, 0.25) is 19.6 Å². The fourth-order valence-electron chi connectivity index (χ4n) is 3.38. The summed E-state index contributed by atoms with van der Waals surface area (Å²) in [5.41, 5.74) is -0.205. The van der Waals surface area contributed by atoms with Crippen LogP contribution in [0.4, 0.5) is 11.4 Å². The molecule has 5 rings (SSSR count). The Hall–Kier alpha value is -3.36. The molecule has 2 unspecified atom stereocenters. The summed E-state index contributed by atoms with van der Waals surface area (Å²) in [4.78, 5) is 29.2. The van der Waals surface area contributed by atoms with Gasteiger partial charge in [0, 0.05) is 41.1 Å². The number of carboxylic acid groups (broad SMARTS) is 1. The van der Waals surface area contributed by atoms with Gasteiger partial charge in [-0.3, -0.25) is 20.2 Å². The normalized spacial score (nSPS) is 11.8. The largest absolute Gasteiger partial charge is 0.521 e. The molecular weight excluding hydrogens is 706 g/mol. The minimum Gasteiger partial charge on any atom is -0.521 e. The molecular formula is C22H18IrN2O10P2-2. The van der Waals surface area contributed by atoms with Crippen LogP contribution in [0.5, 0.6) is 23.0 Å². The third-order valence-electron chi connectivity index (χ3n) is 4.92. The van der Waals surface area contributed by atoms with Gasteiger partial charge in [-0.2, -0.15) is 0 Å². The molecule has 0 aromatic heterocycles. The van der Waals surface area contributed by atoms with E-state index in [1.165, 1.54) is 0 Å². The average molecular weight is 725 g/mol. The number of rotatable bonds is 4. The minimum atomic E-state index is -1.44. The van der Waals surface area contributed by atoms with Crippen molar-refractivity contribution in [1.82, 2.24) is 0 Å². The summed E-state index contributed by atoms with van der Waals surface area (Å²) in [6.07, 6.45) is 0. The Morgan fingerprint density at radius 1 is 0.865 bits per heavy atom. The van der Waals surface area contributed by atoms with Gasteiger partial charge in [0.1, 0.15) is 0 Å². The van der Waals surface area contributed by atoms with E-state index < -0.39 is 32.8 Å². The molecule has 0 fully saturated rings. The van der Waals surface area contributed by atoms with Gasteiger partial charge in [0.05, 0.1) is 0 Å². The van der Waals surface area contributed by atoms with Crippen LogP contribution in [0.2, 0.25) is 0 Å². The average Bonchev–Trinajstić information content (AvgIpc) is 3.49. The quantitative estimate of drug-likeness (QED) is 0.183. The van der Waals surface area contributed by atoms with E-state index in [1.807, 2.05) is 24.3 Å². The van der Waals surface area contributed by atoms with Crippen LogP contribution in [-0.2, 0) is 20.1 Å². The van der Waals surface area contributed by atoms with Crippen LogP contribution in [0, 0.1) is 33.7 Å². The predicted molar refractivity (Wildman–Crippen MR) is 135 cm³/mol. The third-order valence-corrected chi connectivity index (χ3v) is 5.89. The van der Waals surface area contributed by atoms with Gasteiger partial charge in [-0.15, -0.1) is 24.5 Å². The Kier molecular flexibility index (Phi) is 9.89. The van der Waals surface area contributed by atoms with Gasteiger partial charge in [-0.25, -0.2) is 0 Å². The van der Waals surface area contributed by atoms with E-state index in [1.54, 1.807) is 0 Å². The Morgan fingerprint density at radius 3 is 1.73 bits per heavy atom. The summed E-state index contributed by atoms with van der Waals surface area (Å²) in [5, 5.41) is 31.3. The van der Waals surface area contributed by atoms with Crippen LogP contribution in [0.1, 0.15) is 10.4 Å². The molecule has 0 bridgehead atoms. The van der Waals surface area contributed by atoms with Crippen molar-refractivity contribution >= 4 is 46.4 Å². The Morgan fingerprint density at radius 2 is 1.32 bits per heavy atom. The zero-order chi connectivity index (χ0) is 25.3. The van der Waals surface area contributed by atoms with E-state index in [0.29, 0.717) is 12.1 Å². The van der Waals surface area contributed by atoms with E-state index in [2.05, 4.69) is 24.5 Å². The molecule has 0 amide bonds. The zero-order valence-electron chi connectivity index (χ0n) is 18.9. The SMILES string of the molecule is O=C(O)c1[c-]cc([N+](=O)[O-])c([N+](=O)[O-])c1.Pc1ccc2c(c1-c1c(P)ccc3c1OCO3)OCO2.[CH3-].[Ir]. The van der Waals surface area contributed by atoms with E-state index in [4.69, 9.17) is 24.1 Å². The molecule has 15 heteroatoms. The molecule has 1 N–H and O–H groups in total. The first kappa shape index (κ1) is 29.9. The number of ether oxygens (including phenoxy) is 4. The van der Waals surface area contributed by atoms with Gasteiger partial charge in [-0.1, -0.05) is 29.8 Å². The summed E-state index contributed by atoms with van der Waals surface area (Å²) >= 11 is 0. The molecule has 37 heavy (non-hydrogen) atoms. The Balaban J connectivity index is 0.000000258. The number of hydrogen-bond acceptors (Lipinski definition) is 9. The van der Waals surface area contributed by atoms with Gasteiger partial charge in [0.25, 0.3) is 11.4 Å². The number of aromatic carboxylic acids is 1. The number of carboxylic acids is 1. The monoisotopic (exact) mass is 725 g/mol. The topological polar surface area (TPSA) is 160 Å². The number of fused-ring (bicyclic) bond motifs is 2. The smallest absolute Gasteiger partial charge is 0.267 e. The maximum Gasteiger partial charge on any atom is 0.267 e. The van der Waals surface area contributed by atoms with Crippen molar-refractivity contribution < 1.29 is 58.8 Å². The summed E-state index contributed by atoms with van der Waals surface area (Å²) < 4.78 is 22.2. The maximum absolute atomic E-state index is 10.4. The van der Waals surface area contributed by atoms with Gasteiger partial charge < -0.3 is 36.3 Å². The molecule has 2 heterocycles. The maximum atomic E-state index is 10.4. The molecule has 0 saturated carbocycles. The summed E-state index contributed by atoms with van der Waals surface area (Å²) in [6.45, 7) is 0.490. The van der Waals surface area contributed by atoms with E-state index in [9.17, 15) is 25.0 Å². The van der Waals surface area contributed by atoms with Crippen LogP contribution in [0.25, 0.3) is 11.1 Å². The first-order valence-corrected chi connectivity index (χ1v) is 10.8. The van der Waals surface area contributed by atoms with E-state index in [-0.39, 0.29) is 41.1 Å². The summed E-state index contributed by atoms with van der Waals surface area (Å²) in [5.74, 6) is 1.59. The first-order chi connectivity index (χ1) is 16.7. The molecule has 0 aliphatic carbocycles. The fraction of sp³-hybridized carbons (Fsp3) is 0.0909. The first-order valence-electron chi connectivity index (χ1n) is 9.63. The predicted octanol–water partition coefficient (Wildman–Crippen LogP) is 3.26. The number of carbonyl (C=O) groups is 1. The van der Waals surface area contributed by atoms with E-state index >= 15 is 0 Å². The molecule has 2 atom stereocenters. The standard InChI is InChI=1S/C14H12O4P2.C7H3N2O6.CH3.Ir/c19-9-3-1-7-13(17-5-15-7)11(9)12-10(20)4-2-8-14(12)18-6-16-8;10-7(11)4-1-2-5(8(12)13)6(3-4)9(14)15;;/h1-4H,5-6,19-20H2;2-3H,(H,10,11);1H3;/q;2*-1;. The van der Waals surface area contributed by atoms with Crippen LogP contribution in [0.15, 0.2) is 36.4 Å². The van der Waals surface area contributed by atoms with E-state index in [0.717, 1.165) is 44.7 Å². The van der Waals surface area contributed by atoms with Gasteiger partial charge in [-0.05, 0) is 22.7 Å². The van der Waals surface area contributed by atoms with Crippen LogP contribution in [0.3, 0.4) is 0 Å². The molecule has 1 radical (unpaired) electrons. The van der Waals surface area contributed by atoms with Crippen LogP contribution in [-0.4, -0.2) is 34.5 Å². The summed E-state index contributed by atoms with van der Waals surface area (Å²) in [6, 6.07) is 11.1. The second kappa shape index (κ2) is 12.3. The Bertz CT molecular complexity index is 1320. The van der Waals surface area contributed by atoms with Gasteiger partial charge >= 0.3 is 0 Å². The summed E-state index contributed by atoms with van der Waals surface area (Å²) in [7, 11) is 5.47. The van der Waals surface area contributed by atoms with Crippen LogP contribution < -0.4 is 29.6 Å². The van der Waals surface area contributed by atoms with Crippen molar-refractivity contribution in [3.8, 4) is 34.1 Å². The molecule has 3 aromatic carbocycles. The second-order valence-electron chi connectivity index (χ2n) is 6.96. The molecule has 0 spiro atoms. The Labute approximate surface area is 228 Å². The number of hydrogen-bond donors (Lipinski definition) is 1. The van der Waals surface area contributed by atoms with Gasteiger partial charge in [0.15, 0.2) is 23.0 Å². The number of nitro groups is 2. The number of nitrogens with zero attached hydrogens (tertiary/aromatic N) is 2. The molecule has 0 saturated heterocycles.